The largest absolute Gasteiger partial charge is 0.465 e. The van der Waals surface area contributed by atoms with Gasteiger partial charge in [-0.2, -0.15) is 0 Å². The van der Waals surface area contributed by atoms with E-state index in [0.29, 0.717) is 49.7 Å². The number of nitrogens with one attached hydrogen (secondary N) is 4. The molecule has 1 aliphatic carbocycles. The predicted octanol–water partition coefficient (Wildman–Crippen LogP) is 4.17. The van der Waals surface area contributed by atoms with E-state index >= 15 is 0 Å². The minimum atomic E-state index is -1.35. The van der Waals surface area contributed by atoms with E-state index in [4.69, 9.17) is 14.6 Å². The van der Waals surface area contributed by atoms with Crippen molar-refractivity contribution in [3.63, 3.8) is 0 Å². The van der Waals surface area contributed by atoms with Crippen LogP contribution in [0.4, 0.5) is 19.7 Å². The van der Waals surface area contributed by atoms with Crippen LogP contribution in [0.15, 0.2) is 54.9 Å². The standard InChI is InChI=1S/C37H41FN8O8S/c1-21(2)33(44-37(51)52)35(49)41-18-32(48)53-20-31(47)46-13-11-45(12-14-46)19-22-3-7-26(40-17-22)30-16-27-34(55-30)29(9-10-39-27)54-28-8-6-24(15-25(28)38)43-36(50)42-23-4-5-23/h3,6-10,15-17,21,23,33,44H,4-5,11-14,18-20H2,1-2H3,(H,41,49)(H,51,52)(H2,42,43,50)/t33-/m0/s1. The second-order valence-electron chi connectivity index (χ2n) is 13.5. The van der Waals surface area contributed by atoms with Crippen LogP contribution in [-0.2, 0) is 25.7 Å². The van der Waals surface area contributed by atoms with Crippen molar-refractivity contribution in [3.8, 4) is 22.1 Å². The highest BCUT2D eigenvalue weighted by atomic mass is 32.1. The third-order valence-electron chi connectivity index (χ3n) is 8.90. The number of fused-ring (bicyclic) bond motifs is 1. The van der Waals surface area contributed by atoms with E-state index < -0.39 is 43.0 Å². The number of ether oxygens (including phenoxy) is 2. The molecule has 1 aromatic carbocycles. The topological polar surface area (TPSA) is 204 Å². The Bertz CT molecular complexity index is 2050. The molecule has 6 rings (SSSR count). The third-order valence-corrected chi connectivity index (χ3v) is 10.1. The molecule has 4 heterocycles. The van der Waals surface area contributed by atoms with E-state index in [0.717, 1.165) is 33.7 Å². The van der Waals surface area contributed by atoms with Crippen molar-refractivity contribution in [1.29, 1.82) is 0 Å². The molecule has 1 saturated carbocycles. The lowest BCUT2D eigenvalue weighted by Crippen LogP contribution is -2.51. The Hall–Kier alpha value is -5.88. The number of aromatic nitrogens is 2. The van der Waals surface area contributed by atoms with Crippen LogP contribution in [0, 0.1) is 11.7 Å². The molecule has 1 atom stereocenters. The number of piperazine rings is 1. The molecule has 0 spiro atoms. The van der Waals surface area contributed by atoms with Crippen molar-refractivity contribution >= 4 is 57.1 Å². The van der Waals surface area contributed by atoms with Gasteiger partial charge in [0, 0.05) is 69.0 Å². The summed E-state index contributed by atoms with van der Waals surface area (Å²) in [6.07, 6.45) is 3.94. The summed E-state index contributed by atoms with van der Waals surface area (Å²) in [5.41, 5.74) is 2.73. The average Bonchev–Trinajstić information content (AvgIpc) is 3.86. The molecule has 18 heteroatoms. The normalized spacial score (nSPS) is 14.9. The van der Waals surface area contributed by atoms with Gasteiger partial charge in [0.1, 0.15) is 18.3 Å². The zero-order valence-corrected chi connectivity index (χ0v) is 31.0. The maximum atomic E-state index is 15.0. The molecule has 0 bridgehead atoms. The fourth-order valence-corrected chi connectivity index (χ4v) is 6.82. The lowest BCUT2D eigenvalue weighted by molar-refractivity contribution is -0.152. The predicted molar refractivity (Wildman–Crippen MR) is 200 cm³/mol. The number of carbonyl (C=O) groups is 5. The van der Waals surface area contributed by atoms with Crippen LogP contribution in [-0.4, -0.2) is 106 Å². The van der Waals surface area contributed by atoms with Gasteiger partial charge in [0.2, 0.25) is 5.91 Å². The summed E-state index contributed by atoms with van der Waals surface area (Å²) >= 11 is 1.43. The molecule has 55 heavy (non-hydrogen) atoms. The number of rotatable bonds is 14. The quantitative estimate of drug-likeness (QED) is 0.115. The SMILES string of the molecule is CC(C)[C@H](NC(=O)O)C(=O)NCC(=O)OCC(=O)N1CCN(Cc2ccc(-c3cc4nccc(Oc5ccc(NC(=O)NC6CC6)cc5F)c4s3)nc2)CC1. The smallest absolute Gasteiger partial charge is 0.405 e. The Morgan fingerprint density at radius 1 is 1.00 bits per heavy atom. The van der Waals surface area contributed by atoms with E-state index in [2.05, 4.69) is 36.1 Å². The molecule has 0 unspecified atom stereocenters. The van der Waals surface area contributed by atoms with Gasteiger partial charge in [0.05, 0.1) is 20.8 Å². The number of hydrogen-bond donors (Lipinski definition) is 5. The first kappa shape index (κ1) is 38.8. The molecule has 2 fully saturated rings. The van der Waals surface area contributed by atoms with E-state index in [1.54, 1.807) is 43.3 Å². The lowest BCUT2D eigenvalue weighted by atomic mass is 10.0. The highest BCUT2D eigenvalue weighted by Gasteiger charge is 2.26. The van der Waals surface area contributed by atoms with Crippen molar-refractivity contribution in [2.24, 2.45) is 5.92 Å². The van der Waals surface area contributed by atoms with Gasteiger partial charge in [-0.15, -0.1) is 11.3 Å². The summed E-state index contributed by atoms with van der Waals surface area (Å²) in [6, 6.07) is 10.5. The monoisotopic (exact) mass is 776 g/mol. The summed E-state index contributed by atoms with van der Waals surface area (Å²) in [4.78, 5) is 73.8. The van der Waals surface area contributed by atoms with Crippen LogP contribution in [0.2, 0.25) is 0 Å². The summed E-state index contributed by atoms with van der Waals surface area (Å²) in [6.45, 7) is 5.07. The number of halogens is 1. The maximum absolute atomic E-state index is 15.0. The number of pyridine rings is 2. The van der Waals surface area contributed by atoms with Crippen molar-refractivity contribution in [2.75, 3.05) is 44.6 Å². The van der Waals surface area contributed by atoms with Crippen molar-refractivity contribution in [3.05, 3.63) is 66.2 Å². The fraction of sp³-hybridized carbons (Fsp3) is 0.378. The number of benzene rings is 1. The number of nitrogens with zero attached hydrogens (tertiary/aromatic N) is 4. The van der Waals surface area contributed by atoms with E-state index in [1.165, 1.54) is 23.5 Å². The van der Waals surface area contributed by atoms with Crippen molar-refractivity contribution < 1.29 is 42.9 Å². The molecule has 1 saturated heterocycles. The molecule has 4 aromatic rings. The Morgan fingerprint density at radius 3 is 2.45 bits per heavy atom. The number of anilines is 1. The highest BCUT2D eigenvalue weighted by molar-refractivity contribution is 7.22. The number of carbonyl (C=O) groups excluding carboxylic acids is 4. The Kier molecular flexibility index (Phi) is 12.4. The number of carboxylic acid groups (broad SMARTS) is 1. The third kappa shape index (κ3) is 10.6. The average molecular weight is 777 g/mol. The second-order valence-corrected chi connectivity index (χ2v) is 14.6. The first-order valence-corrected chi connectivity index (χ1v) is 18.5. The molecular weight excluding hydrogens is 736 g/mol. The first-order chi connectivity index (χ1) is 26.4. The van der Waals surface area contributed by atoms with Crippen LogP contribution in [0.5, 0.6) is 11.5 Å². The summed E-state index contributed by atoms with van der Waals surface area (Å²) in [5.74, 6) is -2.33. The molecule has 290 valence electrons. The minimum Gasteiger partial charge on any atom is -0.465 e. The number of thiophene rings is 1. The summed E-state index contributed by atoms with van der Waals surface area (Å²) < 4.78 is 26.7. The molecule has 1 aliphatic heterocycles. The van der Waals surface area contributed by atoms with Crippen molar-refractivity contribution in [1.82, 2.24) is 35.7 Å². The van der Waals surface area contributed by atoms with Crippen LogP contribution in [0.3, 0.4) is 0 Å². The number of hydrogen-bond acceptors (Lipinski definition) is 11. The van der Waals surface area contributed by atoms with Crippen molar-refractivity contribution in [2.45, 2.75) is 45.3 Å². The van der Waals surface area contributed by atoms with Crippen LogP contribution >= 0.6 is 11.3 Å². The van der Waals surface area contributed by atoms with E-state index in [-0.39, 0.29) is 29.6 Å². The van der Waals surface area contributed by atoms with Gasteiger partial charge in [-0.25, -0.2) is 14.0 Å². The Morgan fingerprint density at radius 2 is 1.78 bits per heavy atom. The van der Waals surface area contributed by atoms with Gasteiger partial charge < -0.3 is 40.7 Å². The maximum Gasteiger partial charge on any atom is 0.405 e. The number of amides is 5. The fourth-order valence-electron chi connectivity index (χ4n) is 5.78. The lowest BCUT2D eigenvalue weighted by Gasteiger charge is -2.34. The number of esters is 1. The van der Waals surface area contributed by atoms with Gasteiger partial charge >= 0.3 is 18.1 Å². The Balaban J connectivity index is 0.958. The molecule has 16 nitrogen and oxygen atoms in total. The molecule has 0 radical (unpaired) electrons. The van der Waals surface area contributed by atoms with Crippen LogP contribution in [0.1, 0.15) is 32.3 Å². The first-order valence-electron chi connectivity index (χ1n) is 17.7. The van der Waals surface area contributed by atoms with Gasteiger partial charge in [-0.3, -0.25) is 29.3 Å². The van der Waals surface area contributed by atoms with Gasteiger partial charge in [-0.1, -0.05) is 19.9 Å². The van der Waals surface area contributed by atoms with E-state index in [9.17, 15) is 28.4 Å². The van der Waals surface area contributed by atoms with Crippen LogP contribution in [0.25, 0.3) is 20.8 Å². The Labute approximate surface area is 319 Å². The number of urea groups is 1. The molecule has 5 N–H and O–H groups in total. The summed E-state index contributed by atoms with van der Waals surface area (Å²) in [5, 5.41) is 18.8. The van der Waals surface area contributed by atoms with Crippen LogP contribution < -0.4 is 26.0 Å². The van der Waals surface area contributed by atoms with Gasteiger partial charge in [0.25, 0.3) is 5.91 Å². The molecule has 5 amide bonds. The zero-order valence-electron chi connectivity index (χ0n) is 30.2. The molecule has 3 aromatic heterocycles. The summed E-state index contributed by atoms with van der Waals surface area (Å²) in [7, 11) is 0. The highest BCUT2D eigenvalue weighted by Crippen LogP contribution is 2.39. The van der Waals surface area contributed by atoms with Gasteiger partial charge in [-0.05, 0) is 48.6 Å². The van der Waals surface area contributed by atoms with Gasteiger partial charge in [0.15, 0.2) is 18.2 Å². The molecule has 2 aliphatic rings. The zero-order chi connectivity index (χ0) is 39.1. The molecular formula is C37H41FN8O8S. The van der Waals surface area contributed by atoms with E-state index in [1.807, 2.05) is 18.2 Å². The minimum absolute atomic E-state index is 0.0132. The second kappa shape index (κ2) is 17.5.